The van der Waals surface area contributed by atoms with Crippen molar-refractivity contribution in [3.05, 3.63) is 82.4 Å². The van der Waals surface area contributed by atoms with Crippen LogP contribution in [0, 0.1) is 5.82 Å². The smallest absolute Gasteiger partial charge is 0.356 e. The molecule has 1 heterocycles. The maximum atomic E-state index is 15.3. The third kappa shape index (κ3) is 4.09. The van der Waals surface area contributed by atoms with Gasteiger partial charge in [-0.15, -0.1) is 0 Å². The van der Waals surface area contributed by atoms with Gasteiger partial charge in [0.2, 0.25) is 0 Å². The molecule has 1 aromatic heterocycles. The monoisotopic (exact) mass is 385 g/mol. The summed E-state index contributed by atoms with van der Waals surface area (Å²) in [4.78, 5) is 15.5. The molecule has 0 aliphatic heterocycles. The topological polar surface area (TPSA) is 48.4 Å². The molecule has 3 aromatic rings. The van der Waals surface area contributed by atoms with Gasteiger partial charge >= 0.3 is 5.97 Å². The molecule has 0 saturated heterocycles. The molecular formula is C21H17ClFNO3. The lowest BCUT2D eigenvalue weighted by molar-refractivity contribution is 0.0594. The van der Waals surface area contributed by atoms with Crippen LogP contribution in [0.5, 0.6) is 5.75 Å². The van der Waals surface area contributed by atoms with E-state index >= 15 is 4.39 Å². The Morgan fingerprint density at radius 1 is 1.15 bits per heavy atom. The Morgan fingerprint density at radius 2 is 1.96 bits per heavy atom. The van der Waals surface area contributed by atoms with Crippen LogP contribution in [0.4, 0.5) is 4.39 Å². The number of carbonyl (C=O) groups excluding carboxylic acids is 1. The van der Waals surface area contributed by atoms with Crippen molar-refractivity contribution in [3.63, 3.8) is 0 Å². The van der Waals surface area contributed by atoms with Gasteiger partial charge < -0.3 is 9.47 Å². The Morgan fingerprint density at radius 3 is 2.59 bits per heavy atom. The van der Waals surface area contributed by atoms with Crippen molar-refractivity contribution in [1.82, 2.24) is 4.98 Å². The number of halogens is 2. The first-order valence-electron chi connectivity index (χ1n) is 8.18. The van der Waals surface area contributed by atoms with Gasteiger partial charge in [-0.2, -0.15) is 0 Å². The first-order chi connectivity index (χ1) is 13.0. The normalized spacial score (nSPS) is 10.5. The summed E-state index contributed by atoms with van der Waals surface area (Å²) in [5.41, 5.74) is 2.45. The van der Waals surface area contributed by atoms with E-state index in [1.54, 1.807) is 48.5 Å². The summed E-state index contributed by atoms with van der Waals surface area (Å²) in [5.74, 6) is -0.466. The van der Waals surface area contributed by atoms with Crippen LogP contribution < -0.4 is 4.74 Å². The van der Waals surface area contributed by atoms with E-state index in [1.807, 2.05) is 0 Å². The Labute approximate surface area is 161 Å². The van der Waals surface area contributed by atoms with E-state index in [2.05, 4.69) is 9.72 Å². The lowest BCUT2D eigenvalue weighted by atomic mass is 9.97. The number of pyridine rings is 1. The van der Waals surface area contributed by atoms with E-state index in [-0.39, 0.29) is 11.5 Å². The van der Waals surface area contributed by atoms with Crippen molar-refractivity contribution >= 4 is 17.6 Å². The van der Waals surface area contributed by atoms with Crippen LogP contribution >= 0.6 is 11.6 Å². The van der Waals surface area contributed by atoms with Gasteiger partial charge in [0, 0.05) is 17.6 Å². The van der Waals surface area contributed by atoms with Crippen molar-refractivity contribution in [2.45, 2.75) is 6.42 Å². The van der Waals surface area contributed by atoms with E-state index in [9.17, 15) is 4.79 Å². The Balaban J connectivity index is 1.97. The summed E-state index contributed by atoms with van der Waals surface area (Å²) >= 11 is 6.06. The van der Waals surface area contributed by atoms with E-state index in [0.717, 1.165) is 5.56 Å². The molecule has 4 nitrogen and oxygen atoms in total. The summed E-state index contributed by atoms with van der Waals surface area (Å²) in [6, 6.07) is 13.7. The molecule has 6 heteroatoms. The van der Waals surface area contributed by atoms with Crippen molar-refractivity contribution in [3.8, 4) is 16.9 Å². The standard InChI is InChI=1S/C21H17ClFNO3/c1-26-18-9-7-15(10-13-6-8-17(24-12-13)21(25)27-2)20(23)19(18)14-4-3-5-16(22)11-14/h3-9,11-12H,10H2,1-2H3. The second-order valence-corrected chi connectivity index (χ2v) is 6.28. The number of ether oxygens (including phenoxy) is 2. The van der Waals surface area contributed by atoms with E-state index in [1.165, 1.54) is 20.4 Å². The third-order valence-corrected chi connectivity index (χ3v) is 4.37. The summed E-state index contributed by atoms with van der Waals surface area (Å²) in [7, 11) is 2.79. The number of hydrogen-bond donors (Lipinski definition) is 0. The van der Waals surface area contributed by atoms with Crippen molar-refractivity contribution in [2.24, 2.45) is 0 Å². The molecule has 0 N–H and O–H groups in total. The highest BCUT2D eigenvalue weighted by Crippen LogP contribution is 2.36. The molecule has 3 rings (SSSR count). The fraction of sp³-hybridized carbons (Fsp3) is 0.143. The van der Waals surface area contributed by atoms with Gasteiger partial charge in [0.15, 0.2) is 0 Å². The highest BCUT2D eigenvalue weighted by atomic mass is 35.5. The molecule has 0 atom stereocenters. The Bertz CT molecular complexity index is 974. The quantitative estimate of drug-likeness (QED) is 0.584. The largest absolute Gasteiger partial charge is 0.496 e. The number of rotatable bonds is 5. The molecule has 138 valence electrons. The van der Waals surface area contributed by atoms with Gasteiger partial charge in [-0.05, 0) is 41.0 Å². The minimum atomic E-state index is -0.513. The van der Waals surface area contributed by atoms with Gasteiger partial charge in [0.25, 0.3) is 0 Å². The number of benzene rings is 2. The summed E-state index contributed by atoms with van der Waals surface area (Å²) in [6.45, 7) is 0. The molecule has 0 aliphatic carbocycles. The Hall–Kier alpha value is -2.92. The van der Waals surface area contributed by atoms with Crippen LogP contribution in [-0.2, 0) is 11.2 Å². The number of nitrogens with zero attached hydrogens (tertiary/aromatic N) is 1. The average Bonchev–Trinajstić information content (AvgIpc) is 2.69. The van der Waals surface area contributed by atoms with E-state index in [4.69, 9.17) is 16.3 Å². The maximum Gasteiger partial charge on any atom is 0.356 e. The molecule has 0 aliphatic rings. The lowest BCUT2D eigenvalue weighted by Crippen LogP contribution is -2.04. The third-order valence-electron chi connectivity index (χ3n) is 4.13. The van der Waals surface area contributed by atoms with Crippen LogP contribution in [0.1, 0.15) is 21.6 Å². The van der Waals surface area contributed by atoms with Crippen LogP contribution in [0.25, 0.3) is 11.1 Å². The Kier molecular flexibility index (Phi) is 5.72. The summed E-state index contributed by atoms with van der Waals surface area (Å²) < 4.78 is 25.2. The number of hydrogen-bond acceptors (Lipinski definition) is 4. The molecule has 0 saturated carbocycles. The fourth-order valence-electron chi connectivity index (χ4n) is 2.80. The first kappa shape index (κ1) is 18.9. The van der Waals surface area contributed by atoms with Gasteiger partial charge in [-0.25, -0.2) is 14.2 Å². The SMILES string of the molecule is COC(=O)c1ccc(Cc2ccc(OC)c(-c3cccc(Cl)c3)c2F)cn1. The zero-order valence-corrected chi connectivity index (χ0v) is 15.6. The van der Waals surface area contributed by atoms with E-state index < -0.39 is 5.97 Å². The predicted octanol–water partition coefficient (Wildman–Crippen LogP) is 4.93. The highest BCUT2D eigenvalue weighted by molar-refractivity contribution is 6.30. The second kappa shape index (κ2) is 8.18. The molecule has 27 heavy (non-hydrogen) atoms. The van der Waals surface area contributed by atoms with Gasteiger partial charge in [0.05, 0.1) is 19.8 Å². The number of esters is 1. The molecule has 0 fully saturated rings. The number of aromatic nitrogens is 1. The zero-order valence-electron chi connectivity index (χ0n) is 14.8. The zero-order chi connectivity index (χ0) is 19.4. The second-order valence-electron chi connectivity index (χ2n) is 5.85. The van der Waals surface area contributed by atoms with E-state index in [0.29, 0.717) is 33.9 Å². The lowest BCUT2D eigenvalue weighted by Gasteiger charge is -2.14. The molecule has 0 unspecified atom stereocenters. The average molecular weight is 386 g/mol. The van der Waals surface area contributed by atoms with Crippen LogP contribution in [0.15, 0.2) is 54.7 Å². The van der Waals surface area contributed by atoms with Crippen molar-refractivity contribution in [1.29, 1.82) is 0 Å². The predicted molar refractivity (Wildman–Crippen MR) is 102 cm³/mol. The van der Waals surface area contributed by atoms with Crippen molar-refractivity contribution < 1.29 is 18.7 Å². The minimum Gasteiger partial charge on any atom is -0.496 e. The highest BCUT2D eigenvalue weighted by Gasteiger charge is 2.17. The summed E-state index contributed by atoms with van der Waals surface area (Å²) in [6.07, 6.45) is 1.85. The van der Waals surface area contributed by atoms with Gasteiger partial charge in [-0.1, -0.05) is 35.9 Å². The van der Waals surface area contributed by atoms with Crippen LogP contribution in [-0.4, -0.2) is 25.2 Å². The number of methoxy groups -OCH3 is 2. The first-order valence-corrected chi connectivity index (χ1v) is 8.56. The van der Waals surface area contributed by atoms with Crippen LogP contribution in [0.3, 0.4) is 0 Å². The van der Waals surface area contributed by atoms with Gasteiger partial charge in [0.1, 0.15) is 17.3 Å². The number of carbonyl (C=O) groups is 1. The molecule has 0 amide bonds. The van der Waals surface area contributed by atoms with Crippen LogP contribution in [0.2, 0.25) is 5.02 Å². The molecule has 0 spiro atoms. The summed E-state index contributed by atoms with van der Waals surface area (Å²) in [5, 5.41) is 0.516. The fourth-order valence-corrected chi connectivity index (χ4v) is 2.99. The molecular weight excluding hydrogens is 369 g/mol. The minimum absolute atomic E-state index is 0.205. The molecule has 0 radical (unpaired) electrons. The van der Waals surface area contributed by atoms with Gasteiger partial charge in [-0.3, -0.25) is 0 Å². The molecule has 0 bridgehead atoms. The maximum absolute atomic E-state index is 15.3. The molecule has 2 aromatic carbocycles. The van der Waals surface area contributed by atoms with Crippen molar-refractivity contribution in [2.75, 3.05) is 14.2 Å².